The average molecular weight is 387 g/mol. The molecule has 2 rings (SSSR count). The van der Waals surface area contributed by atoms with Crippen LogP contribution in [0.5, 0.6) is 0 Å². The highest BCUT2D eigenvalue weighted by atomic mass is 16.4. The minimum Gasteiger partial charge on any atom is -0.481 e. The van der Waals surface area contributed by atoms with Crippen molar-refractivity contribution >= 4 is 12.3 Å². The highest BCUT2D eigenvalue weighted by Gasteiger charge is 2.55. The Balaban J connectivity index is 2.51. The van der Waals surface area contributed by atoms with Gasteiger partial charge in [-0.1, -0.05) is 34.9 Å². The van der Waals surface area contributed by atoms with Crippen molar-refractivity contribution in [1.82, 2.24) is 0 Å². The molecule has 2 aliphatic carbocycles. The smallest absolute Gasteiger partial charge is 0.310 e. The third kappa shape index (κ3) is 5.24. The predicted molar refractivity (Wildman–Crippen MR) is 115 cm³/mol. The molecule has 4 atom stereocenters. The number of hydrogen-bond donors (Lipinski definition) is 1. The van der Waals surface area contributed by atoms with E-state index in [4.69, 9.17) is 0 Å². The second-order valence-electron chi connectivity index (χ2n) is 9.26. The minimum atomic E-state index is -0.813. The lowest BCUT2D eigenvalue weighted by molar-refractivity contribution is -0.165. The molecule has 3 heteroatoms. The molecule has 1 N–H and O–H groups in total. The van der Waals surface area contributed by atoms with Crippen LogP contribution in [0.15, 0.2) is 34.9 Å². The molecule has 2 bridgehead atoms. The summed E-state index contributed by atoms with van der Waals surface area (Å²) in [6, 6.07) is 0. The van der Waals surface area contributed by atoms with Crippen molar-refractivity contribution in [3.05, 3.63) is 34.9 Å². The third-order valence-electron chi connectivity index (χ3n) is 7.07. The second kappa shape index (κ2) is 10.2. The zero-order valence-electron chi connectivity index (χ0n) is 18.2. The Kier molecular flexibility index (Phi) is 8.27. The fourth-order valence-corrected chi connectivity index (χ4v) is 5.41. The topological polar surface area (TPSA) is 54.4 Å². The van der Waals surface area contributed by atoms with Gasteiger partial charge in [-0.15, -0.1) is 0 Å². The molecule has 1 fully saturated rings. The maximum atomic E-state index is 12.8. The predicted octanol–water partition coefficient (Wildman–Crippen LogP) is 6.50. The Morgan fingerprint density at radius 2 is 1.86 bits per heavy atom. The van der Waals surface area contributed by atoms with Crippen LogP contribution in [-0.2, 0) is 9.59 Å². The number of carboxylic acid groups (broad SMARTS) is 1. The molecule has 0 radical (unpaired) electrons. The van der Waals surface area contributed by atoms with Gasteiger partial charge in [0.2, 0.25) is 0 Å². The monoisotopic (exact) mass is 386 g/mol. The Hall–Kier alpha value is -1.64. The highest BCUT2D eigenvalue weighted by molar-refractivity contribution is 5.77. The van der Waals surface area contributed by atoms with E-state index < -0.39 is 11.4 Å². The molecule has 0 amide bonds. The number of fused-ring (bicyclic) bond motifs is 2. The van der Waals surface area contributed by atoms with Crippen LogP contribution in [0.3, 0.4) is 0 Å². The number of aliphatic carboxylic acids is 1. The van der Waals surface area contributed by atoms with Crippen molar-refractivity contribution in [3.8, 4) is 0 Å². The van der Waals surface area contributed by atoms with Crippen LogP contribution in [0.25, 0.3) is 0 Å². The second-order valence-corrected chi connectivity index (χ2v) is 9.26. The fraction of sp³-hybridized carbons (Fsp3) is 0.680. The number of carboxylic acids is 1. The van der Waals surface area contributed by atoms with E-state index in [0.29, 0.717) is 6.42 Å². The van der Waals surface area contributed by atoms with Gasteiger partial charge in [0.15, 0.2) is 0 Å². The maximum Gasteiger partial charge on any atom is 0.310 e. The number of aldehydes is 1. The summed E-state index contributed by atoms with van der Waals surface area (Å²) in [7, 11) is 0. The van der Waals surface area contributed by atoms with Gasteiger partial charge in [0.1, 0.15) is 6.29 Å². The lowest BCUT2D eigenvalue weighted by Gasteiger charge is -2.49. The standard InChI is InChI=1S/C25H38O3/c1-18(2)7-6-16-25(24(27)28)22-13-10-19(3)8-5-9-20(4)11-15-23(25)21(17-26)12-14-22/h7,9-10,17,21-23H,5-6,8,11-16H2,1-4H3,(H,27,28)/b19-10-,20-9-/t21-,22+,23+,25+/m1/s1. The largest absolute Gasteiger partial charge is 0.481 e. The van der Waals surface area contributed by atoms with Gasteiger partial charge < -0.3 is 9.90 Å². The van der Waals surface area contributed by atoms with Gasteiger partial charge in [-0.2, -0.15) is 0 Å². The Labute approximate surface area is 171 Å². The SMILES string of the molecule is CC(C)=CCC[C@]1(C(=O)O)[C@H]2C/C=C(/C)CC/C=C(/C)CC[C@H]1[C@@H](C=O)CC2. The third-order valence-corrected chi connectivity index (χ3v) is 7.07. The highest BCUT2D eigenvalue weighted by Crippen LogP contribution is 2.54. The van der Waals surface area contributed by atoms with Gasteiger partial charge in [0.05, 0.1) is 5.41 Å². The van der Waals surface area contributed by atoms with Crippen molar-refractivity contribution < 1.29 is 14.7 Å². The van der Waals surface area contributed by atoms with E-state index in [1.165, 1.54) is 16.7 Å². The molecule has 0 aromatic rings. The Morgan fingerprint density at radius 3 is 2.50 bits per heavy atom. The van der Waals surface area contributed by atoms with E-state index >= 15 is 0 Å². The Morgan fingerprint density at radius 1 is 1.14 bits per heavy atom. The first-order valence-corrected chi connectivity index (χ1v) is 10.9. The lowest BCUT2D eigenvalue weighted by atomic mass is 9.53. The van der Waals surface area contributed by atoms with Gasteiger partial charge in [0, 0.05) is 5.92 Å². The summed E-state index contributed by atoms with van der Waals surface area (Å²) in [6.45, 7) is 8.43. The summed E-state index contributed by atoms with van der Waals surface area (Å²) in [5.74, 6) is -0.806. The zero-order chi connectivity index (χ0) is 20.7. The van der Waals surface area contributed by atoms with E-state index in [2.05, 4.69) is 45.9 Å². The van der Waals surface area contributed by atoms with E-state index in [9.17, 15) is 14.7 Å². The van der Waals surface area contributed by atoms with Crippen LogP contribution in [0.4, 0.5) is 0 Å². The average Bonchev–Trinajstić information content (AvgIpc) is 2.63. The molecule has 1 saturated carbocycles. The van der Waals surface area contributed by atoms with Gasteiger partial charge in [-0.3, -0.25) is 4.79 Å². The molecule has 28 heavy (non-hydrogen) atoms. The molecular weight excluding hydrogens is 348 g/mol. The number of allylic oxidation sites excluding steroid dienone is 6. The first-order chi connectivity index (χ1) is 13.3. The first-order valence-electron chi connectivity index (χ1n) is 10.9. The first kappa shape index (κ1) is 22.6. The normalized spacial score (nSPS) is 35.2. The van der Waals surface area contributed by atoms with E-state index in [0.717, 1.165) is 57.7 Å². The van der Waals surface area contributed by atoms with E-state index in [1.807, 2.05) is 0 Å². The summed E-state index contributed by atoms with van der Waals surface area (Å²) >= 11 is 0. The molecule has 0 aromatic heterocycles. The molecular formula is C25H38O3. The minimum absolute atomic E-state index is 0.0803. The van der Waals surface area contributed by atoms with Crippen molar-refractivity contribution in [1.29, 1.82) is 0 Å². The lowest BCUT2D eigenvalue weighted by Crippen LogP contribution is -2.51. The summed E-state index contributed by atoms with van der Waals surface area (Å²) in [6.07, 6.45) is 15.4. The van der Waals surface area contributed by atoms with Crippen LogP contribution in [-0.4, -0.2) is 17.4 Å². The molecule has 0 unspecified atom stereocenters. The summed E-state index contributed by atoms with van der Waals surface area (Å²) in [4.78, 5) is 24.8. The van der Waals surface area contributed by atoms with E-state index in [1.54, 1.807) is 0 Å². The summed E-state index contributed by atoms with van der Waals surface area (Å²) in [5, 5.41) is 10.5. The van der Waals surface area contributed by atoms with E-state index in [-0.39, 0.29) is 17.8 Å². The number of carbonyl (C=O) groups is 2. The fourth-order valence-electron chi connectivity index (χ4n) is 5.41. The number of rotatable bonds is 5. The number of hydrogen-bond acceptors (Lipinski definition) is 2. The van der Waals surface area contributed by atoms with Gasteiger partial charge in [-0.25, -0.2) is 0 Å². The Bertz CT molecular complexity index is 651. The van der Waals surface area contributed by atoms with Crippen LogP contribution in [0.2, 0.25) is 0 Å². The van der Waals surface area contributed by atoms with Crippen LogP contribution in [0.1, 0.15) is 85.5 Å². The van der Waals surface area contributed by atoms with Crippen LogP contribution in [0, 0.1) is 23.2 Å². The molecule has 3 nitrogen and oxygen atoms in total. The van der Waals surface area contributed by atoms with Crippen molar-refractivity contribution in [3.63, 3.8) is 0 Å². The quantitative estimate of drug-likeness (QED) is 0.433. The van der Waals surface area contributed by atoms with Gasteiger partial charge >= 0.3 is 5.97 Å². The molecule has 0 saturated heterocycles. The maximum absolute atomic E-state index is 12.8. The number of carbonyl (C=O) groups excluding carboxylic acids is 1. The van der Waals surface area contributed by atoms with Crippen molar-refractivity contribution in [2.45, 2.75) is 85.5 Å². The molecule has 2 aliphatic rings. The van der Waals surface area contributed by atoms with Gasteiger partial charge in [-0.05, 0) is 97.3 Å². The summed E-state index contributed by atoms with van der Waals surface area (Å²) in [5.41, 5.74) is 3.08. The molecule has 0 aliphatic heterocycles. The molecule has 156 valence electrons. The molecule has 0 heterocycles. The molecule has 0 aromatic carbocycles. The molecule has 0 spiro atoms. The zero-order valence-corrected chi connectivity index (χ0v) is 18.2. The van der Waals surface area contributed by atoms with Gasteiger partial charge in [0.25, 0.3) is 0 Å². The van der Waals surface area contributed by atoms with Crippen LogP contribution >= 0.6 is 0 Å². The summed E-state index contributed by atoms with van der Waals surface area (Å²) < 4.78 is 0. The van der Waals surface area contributed by atoms with Crippen LogP contribution < -0.4 is 0 Å². The van der Waals surface area contributed by atoms with Crippen molar-refractivity contribution in [2.75, 3.05) is 0 Å². The van der Waals surface area contributed by atoms with Crippen molar-refractivity contribution in [2.24, 2.45) is 23.2 Å².